The summed E-state index contributed by atoms with van der Waals surface area (Å²) >= 11 is 6.07. The number of halogens is 1. The lowest BCUT2D eigenvalue weighted by atomic mass is 9.97. The molecule has 5 rings (SSSR count). The molecule has 10 nitrogen and oxygen atoms in total. The van der Waals surface area contributed by atoms with E-state index in [0.717, 1.165) is 37.8 Å². The summed E-state index contributed by atoms with van der Waals surface area (Å²) < 4.78 is 38.8. The zero-order chi connectivity index (χ0) is 27.4. The molecule has 3 aromatic rings. The van der Waals surface area contributed by atoms with Crippen molar-refractivity contribution >= 4 is 33.2 Å². The van der Waals surface area contributed by atoms with E-state index in [9.17, 15) is 13.2 Å². The molecule has 12 heteroatoms. The van der Waals surface area contributed by atoms with Crippen molar-refractivity contribution in [1.82, 2.24) is 19.3 Å². The van der Waals surface area contributed by atoms with E-state index in [1.54, 1.807) is 18.2 Å². The zero-order valence-corrected chi connectivity index (χ0v) is 23.4. The Morgan fingerprint density at radius 1 is 1.13 bits per heavy atom. The maximum atomic E-state index is 13.3. The Labute approximate surface area is 233 Å². The van der Waals surface area contributed by atoms with E-state index in [1.807, 2.05) is 12.1 Å². The van der Waals surface area contributed by atoms with Gasteiger partial charge in [-0.25, -0.2) is 8.42 Å². The Balaban J connectivity index is 1.25. The first-order valence-corrected chi connectivity index (χ1v) is 15.0. The lowest BCUT2D eigenvalue weighted by Gasteiger charge is -2.31. The number of nitrogens with zero attached hydrogens (tertiary/aromatic N) is 4. The number of benzene rings is 2. The highest BCUT2D eigenvalue weighted by Crippen LogP contribution is 2.31. The number of likely N-dealkylation sites (tertiary alicyclic amines) is 1. The first kappa shape index (κ1) is 27.6. The number of aromatic nitrogens is 2. The fraction of sp³-hybridized carbons (Fsp3) is 0.444. The van der Waals surface area contributed by atoms with Crippen molar-refractivity contribution in [1.29, 1.82) is 0 Å². The Kier molecular flexibility index (Phi) is 8.51. The fourth-order valence-electron chi connectivity index (χ4n) is 5.10. The molecule has 2 aliphatic rings. The summed E-state index contributed by atoms with van der Waals surface area (Å²) in [7, 11) is -2.15. The first-order chi connectivity index (χ1) is 18.8. The third kappa shape index (κ3) is 6.43. The molecule has 2 aromatic carbocycles. The van der Waals surface area contributed by atoms with Crippen LogP contribution in [0.15, 0.2) is 51.9 Å². The van der Waals surface area contributed by atoms with Crippen LogP contribution in [-0.4, -0.2) is 67.0 Å². The second-order valence-electron chi connectivity index (χ2n) is 9.91. The lowest BCUT2D eigenvalue weighted by Crippen LogP contribution is -2.40. The van der Waals surface area contributed by atoms with Crippen LogP contribution in [0.4, 0.5) is 5.69 Å². The summed E-state index contributed by atoms with van der Waals surface area (Å²) in [5, 5.41) is 7.58. The molecule has 0 spiro atoms. The highest BCUT2D eigenvalue weighted by molar-refractivity contribution is 7.89. The van der Waals surface area contributed by atoms with E-state index in [4.69, 9.17) is 20.9 Å². The van der Waals surface area contributed by atoms with Crippen molar-refractivity contribution in [2.45, 2.75) is 43.5 Å². The molecule has 208 valence electrons. The minimum absolute atomic E-state index is 0.151. The number of carbonyl (C=O) groups excluding carboxylic acids is 1. The van der Waals surface area contributed by atoms with Crippen LogP contribution >= 0.6 is 11.6 Å². The smallest absolute Gasteiger partial charge is 0.243 e. The van der Waals surface area contributed by atoms with Crippen LogP contribution in [0.2, 0.25) is 5.02 Å². The number of sulfonamides is 1. The number of rotatable bonds is 8. The van der Waals surface area contributed by atoms with Crippen LogP contribution in [0.3, 0.4) is 0 Å². The van der Waals surface area contributed by atoms with Crippen molar-refractivity contribution in [3.8, 4) is 17.1 Å². The third-order valence-corrected chi connectivity index (χ3v) is 9.30. The lowest BCUT2D eigenvalue weighted by molar-refractivity contribution is -0.121. The van der Waals surface area contributed by atoms with E-state index < -0.39 is 10.0 Å². The van der Waals surface area contributed by atoms with Crippen molar-refractivity contribution in [3.63, 3.8) is 0 Å². The molecule has 1 amide bonds. The summed E-state index contributed by atoms with van der Waals surface area (Å²) in [5.74, 6) is 0.860. The van der Waals surface area contributed by atoms with Crippen LogP contribution in [0, 0.1) is 5.92 Å². The number of anilines is 1. The van der Waals surface area contributed by atoms with E-state index in [2.05, 4.69) is 20.4 Å². The molecule has 39 heavy (non-hydrogen) atoms. The van der Waals surface area contributed by atoms with Gasteiger partial charge in [0, 0.05) is 30.2 Å². The maximum absolute atomic E-state index is 13.3. The van der Waals surface area contributed by atoms with Crippen molar-refractivity contribution in [3.05, 3.63) is 53.4 Å². The van der Waals surface area contributed by atoms with Crippen LogP contribution in [0.1, 0.15) is 38.0 Å². The monoisotopic (exact) mass is 573 g/mol. The molecule has 0 bridgehead atoms. The van der Waals surface area contributed by atoms with Crippen LogP contribution < -0.4 is 10.1 Å². The number of hydrogen-bond acceptors (Lipinski definition) is 8. The average molecular weight is 574 g/mol. The second-order valence-corrected chi connectivity index (χ2v) is 12.3. The molecule has 1 aromatic heterocycles. The van der Waals surface area contributed by atoms with Gasteiger partial charge in [0.1, 0.15) is 5.75 Å². The normalized spacial score (nSPS) is 19.1. The molecule has 1 N–H and O–H groups in total. The largest absolute Gasteiger partial charge is 0.495 e. The van der Waals surface area contributed by atoms with E-state index in [0.29, 0.717) is 60.8 Å². The molecule has 2 aliphatic heterocycles. The van der Waals surface area contributed by atoms with Gasteiger partial charge in [-0.05, 0) is 62.6 Å². The number of amides is 1. The highest BCUT2D eigenvalue weighted by atomic mass is 35.5. The summed E-state index contributed by atoms with van der Waals surface area (Å²) in [4.78, 5) is 20.1. The Morgan fingerprint density at radius 3 is 2.72 bits per heavy atom. The molecule has 2 fully saturated rings. The molecule has 1 atom stereocenters. The summed E-state index contributed by atoms with van der Waals surface area (Å²) in [6.45, 7) is 2.74. The topological polar surface area (TPSA) is 118 Å². The van der Waals surface area contributed by atoms with Crippen molar-refractivity contribution in [2.24, 2.45) is 5.92 Å². The van der Waals surface area contributed by atoms with Gasteiger partial charge in [-0.3, -0.25) is 9.69 Å². The quantitative estimate of drug-likeness (QED) is 0.421. The number of carbonyl (C=O) groups is 1. The summed E-state index contributed by atoms with van der Waals surface area (Å²) in [6.07, 6.45) is 4.27. The number of nitrogens with one attached hydrogen (secondary N) is 1. The Bertz CT molecular complexity index is 1420. The van der Waals surface area contributed by atoms with Gasteiger partial charge in [0.15, 0.2) is 0 Å². The predicted octanol–water partition coefficient (Wildman–Crippen LogP) is 4.42. The molecular weight excluding hydrogens is 542 g/mol. The first-order valence-electron chi connectivity index (χ1n) is 13.1. The molecule has 1 unspecified atom stereocenters. The van der Waals surface area contributed by atoms with Gasteiger partial charge in [-0.1, -0.05) is 35.3 Å². The molecule has 0 radical (unpaired) electrons. The average Bonchev–Trinajstić information content (AvgIpc) is 3.42. The number of hydrogen-bond donors (Lipinski definition) is 1. The zero-order valence-electron chi connectivity index (χ0n) is 21.8. The maximum Gasteiger partial charge on any atom is 0.243 e. The van der Waals surface area contributed by atoms with Gasteiger partial charge in [0.25, 0.3) is 0 Å². The minimum Gasteiger partial charge on any atom is -0.495 e. The summed E-state index contributed by atoms with van der Waals surface area (Å²) in [5.41, 5.74) is 1.12. The number of methoxy groups -OCH3 is 1. The highest BCUT2D eigenvalue weighted by Gasteiger charge is 2.30. The van der Waals surface area contributed by atoms with Gasteiger partial charge < -0.3 is 14.6 Å². The van der Waals surface area contributed by atoms with Crippen LogP contribution in [0.5, 0.6) is 5.75 Å². The minimum atomic E-state index is -3.65. The van der Waals surface area contributed by atoms with Crippen LogP contribution in [-0.2, 0) is 21.4 Å². The molecule has 2 saturated heterocycles. The standard InChI is InChI=1S/C27H32ClN5O5S/c1-37-24-11-10-22(39(35,36)33-13-3-2-4-14-33)16-23(24)29-27(34)20-8-6-12-32(17-20)18-25-30-26(31-38-25)19-7-5-9-21(28)15-19/h5,7,9-11,15-16,20H,2-4,6,8,12-14,17-18H2,1H3,(H,29,34). The van der Waals surface area contributed by atoms with E-state index >= 15 is 0 Å². The SMILES string of the molecule is COc1ccc(S(=O)(=O)N2CCCCC2)cc1NC(=O)C1CCCN(Cc2nc(-c3cccc(Cl)c3)no2)C1. The molecule has 3 heterocycles. The number of piperidine rings is 2. The van der Waals surface area contributed by atoms with Crippen LogP contribution in [0.25, 0.3) is 11.4 Å². The van der Waals surface area contributed by atoms with Gasteiger partial charge >= 0.3 is 0 Å². The number of ether oxygens (including phenoxy) is 1. The molecule has 0 aliphatic carbocycles. The molecule has 0 saturated carbocycles. The molecular formula is C27H32ClN5O5S. The van der Waals surface area contributed by atoms with Crippen molar-refractivity contribution in [2.75, 3.05) is 38.6 Å². The van der Waals surface area contributed by atoms with Gasteiger partial charge in [0.05, 0.1) is 30.2 Å². The van der Waals surface area contributed by atoms with Crippen molar-refractivity contribution < 1.29 is 22.5 Å². The Morgan fingerprint density at radius 2 is 1.95 bits per heavy atom. The van der Waals surface area contributed by atoms with Gasteiger partial charge in [0.2, 0.25) is 27.6 Å². The van der Waals surface area contributed by atoms with E-state index in [-0.39, 0.29) is 16.7 Å². The van der Waals surface area contributed by atoms with Gasteiger partial charge in [-0.15, -0.1) is 0 Å². The fourth-order valence-corrected chi connectivity index (χ4v) is 6.84. The third-order valence-electron chi connectivity index (χ3n) is 7.17. The van der Waals surface area contributed by atoms with Gasteiger partial charge in [-0.2, -0.15) is 9.29 Å². The predicted molar refractivity (Wildman–Crippen MR) is 147 cm³/mol. The van der Waals surface area contributed by atoms with E-state index in [1.165, 1.54) is 23.5 Å². The second kappa shape index (κ2) is 12.0. The summed E-state index contributed by atoms with van der Waals surface area (Å²) in [6, 6.07) is 11.9. The Hall–Kier alpha value is -2.99.